The van der Waals surface area contributed by atoms with Crippen LogP contribution in [0.5, 0.6) is 0 Å². The van der Waals surface area contributed by atoms with E-state index in [1.165, 1.54) is 6.07 Å². The number of aliphatic hydroxyl groups is 1. The number of anilines is 1. The van der Waals surface area contributed by atoms with Gasteiger partial charge in [-0.2, -0.15) is 0 Å². The molecule has 0 saturated carbocycles. The van der Waals surface area contributed by atoms with E-state index < -0.39 is 5.82 Å². The second-order valence-electron chi connectivity index (χ2n) is 5.91. The number of aliphatic hydroxyl groups excluding tert-OH is 1. The van der Waals surface area contributed by atoms with E-state index in [0.29, 0.717) is 13.1 Å². The Bertz CT molecular complexity index is 505. The van der Waals surface area contributed by atoms with Gasteiger partial charge in [0.2, 0.25) is 0 Å². The molecule has 1 heterocycles. The molecule has 0 aromatic heterocycles. The number of halogens is 1. The first-order chi connectivity index (χ1) is 9.99. The van der Waals surface area contributed by atoms with E-state index in [0.717, 1.165) is 24.8 Å². The summed E-state index contributed by atoms with van der Waals surface area (Å²) in [5, 5.41) is 12.1. The van der Waals surface area contributed by atoms with Gasteiger partial charge >= 0.3 is 6.03 Å². The molecule has 2 rings (SSSR count). The van der Waals surface area contributed by atoms with Crippen molar-refractivity contribution in [3.8, 4) is 0 Å². The molecule has 0 bridgehead atoms. The maximum absolute atomic E-state index is 13.7. The molecule has 0 atom stereocenters. The molecule has 2 N–H and O–H groups in total. The average molecular weight is 294 g/mol. The minimum Gasteiger partial charge on any atom is -0.396 e. The molecular formula is C16H23FN2O2. The maximum Gasteiger partial charge on any atom is 0.321 e. The van der Waals surface area contributed by atoms with E-state index in [1.807, 2.05) is 6.92 Å². The number of amides is 2. The molecule has 0 unspecified atom stereocenters. The fourth-order valence-corrected chi connectivity index (χ4v) is 2.74. The highest BCUT2D eigenvalue weighted by Gasteiger charge is 2.33. The Hall–Kier alpha value is -1.62. The SMILES string of the molecule is CCC1(CO)CCN(C(=O)Nc2cc(C)ccc2F)CC1. The molecule has 1 aliphatic heterocycles. The van der Waals surface area contributed by atoms with Crippen LogP contribution in [0.1, 0.15) is 31.7 Å². The summed E-state index contributed by atoms with van der Waals surface area (Å²) in [5.41, 5.74) is 1.05. The topological polar surface area (TPSA) is 52.6 Å². The zero-order valence-corrected chi connectivity index (χ0v) is 12.7. The van der Waals surface area contributed by atoms with E-state index in [-0.39, 0.29) is 23.7 Å². The number of benzene rings is 1. The van der Waals surface area contributed by atoms with Crippen molar-refractivity contribution in [1.29, 1.82) is 0 Å². The average Bonchev–Trinajstić information content (AvgIpc) is 2.51. The Morgan fingerprint density at radius 1 is 1.43 bits per heavy atom. The number of aryl methyl sites for hydroxylation is 1. The van der Waals surface area contributed by atoms with Crippen LogP contribution in [0.4, 0.5) is 14.9 Å². The van der Waals surface area contributed by atoms with Crippen molar-refractivity contribution in [2.24, 2.45) is 5.41 Å². The van der Waals surface area contributed by atoms with Gasteiger partial charge in [0.25, 0.3) is 0 Å². The van der Waals surface area contributed by atoms with Crippen LogP contribution < -0.4 is 5.32 Å². The Balaban J connectivity index is 1.98. The zero-order valence-electron chi connectivity index (χ0n) is 12.7. The van der Waals surface area contributed by atoms with Gasteiger partial charge in [0, 0.05) is 19.7 Å². The molecule has 4 nitrogen and oxygen atoms in total. The smallest absolute Gasteiger partial charge is 0.321 e. The largest absolute Gasteiger partial charge is 0.396 e. The molecule has 1 aromatic rings. The monoisotopic (exact) mass is 294 g/mol. The number of carbonyl (C=O) groups excluding carboxylic acids is 1. The summed E-state index contributed by atoms with van der Waals surface area (Å²) < 4.78 is 13.7. The molecule has 0 spiro atoms. The van der Waals surface area contributed by atoms with Crippen LogP contribution in [0.2, 0.25) is 0 Å². The standard InChI is InChI=1S/C16H23FN2O2/c1-3-16(11-20)6-8-19(9-7-16)15(21)18-14-10-12(2)4-5-13(14)17/h4-5,10,20H,3,6-9,11H2,1-2H3,(H,18,21). The lowest BCUT2D eigenvalue weighted by Crippen LogP contribution is -2.46. The summed E-state index contributed by atoms with van der Waals surface area (Å²) in [4.78, 5) is 13.9. The van der Waals surface area contributed by atoms with Crippen molar-refractivity contribution >= 4 is 11.7 Å². The summed E-state index contributed by atoms with van der Waals surface area (Å²) >= 11 is 0. The van der Waals surface area contributed by atoms with Crippen LogP contribution in [0, 0.1) is 18.2 Å². The molecule has 1 fully saturated rings. The van der Waals surface area contributed by atoms with Gasteiger partial charge in [-0.3, -0.25) is 0 Å². The Labute approximate surface area is 125 Å². The van der Waals surface area contributed by atoms with Gasteiger partial charge < -0.3 is 15.3 Å². The number of urea groups is 1. The number of piperidine rings is 1. The summed E-state index contributed by atoms with van der Waals surface area (Å²) in [7, 11) is 0. The summed E-state index contributed by atoms with van der Waals surface area (Å²) in [6.45, 7) is 5.26. The van der Waals surface area contributed by atoms with Crippen molar-refractivity contribution in [3.63, 3.8) is 0 Å². The molecule has 116 valence electrons. The molecule has 5 heteroatoms. The maximum atomic E-state index is 13.7. The van der Waals surface area contributed by atoms with Crippen LogP contribution in [0.25, 0.3) is 0 Å². The van der Waals surface area contributed by atoms with E-state index >= 15 is 0 Å². The lowest BCUT2D eigenvalue weighted by atomic mass is 9.77. The highest BCUT2D eigenvalue weighted by Crippen LogP contribution is 2.34. The van der Waals surface area contributed by atoms with E-state index in [2.05, 4.69) is 12.2 Å². The predicted molar refractivity (Wildman–Crippen MR) is 80.8 cm³/mol. The second kappa shape index (κ2) is 6.43. The van der Waals surface area contributed by atoms with Crippen molar-refractivity contribution < 1.29 is 14.3 Å². The third kappa shape index (κ3) is 3.53. The third-order valence-corrected chi connectivity index (χ3v) is 4.56. The van der Waals surface area contributed by atoms with E-state index in [9.17, 15) is 14.3 Å². The number of hydrogen-bond donors (Lipinski definition) is 2. The molecule has 1 saturated heterocycles. The van der Waals surface area contributed by atoms with Gasteiger partial charge in [-0.25, -0.2) is 9.18 Å². The van der Waals surface area contributed by atoms with Gasteiger partial charge in [0.05, 0.1) is 5.69 Å². The Morgan fingerprint density at radius 3 is 2.67 bits per heavy atom. The van der Waals surface area contributed by atoms with Crippen LogP contribution in [0.15, 0.2) is 18.2 Å². The molecule has 0 aliphatic carbocycles. The van der Waals surface area contributed by atoms with Gasteiger partial charge in [-0.1, -0.05) is 13.0 Å². The fraction of sp³-hybridized carbons (Fsp3) is 0.562. The minimum absolute atomic E-state index is 0.0641. The quantitative estimate of drug-likeness (QED) is 0.899. The van der Waals surface area contributed by atoms with Crippen LogP contribution >= 0.6 is 0 Å². The Kier molecular flexibility index (Phi) is 4.83. The van der Waals surface area contributed by atoms with Crippen LogP contribution in [-0.2, 0) is 0 Å². The van der Waals surface area contributed by atoms with E-state index in [1.54, 1.807) is 17.0 Å². The summed E-state index contributed by atoms with van der Waals surface area (Å²) in [5.74, 6) is -0.427. The lowest BCUT2D eigenvalue weighted by molar-refractivity contribution is 0.0542. The van der Waals surface area contributed by atoms with Gasteiger partial charge in [-0.05, 0) is 49.3 Å². The Morgan fingerprint density at radius 2 is 2.10 bits per heavy atom. The normalized spacial score (nSPS) is 17.6. The first-order valence-electron chi connectivity index (χ1n) is 7.42. The predicted octanol–water partition coefficient (Wildman–Crippen LogP) is 3.15. The van der Waals surface area contributed by atoms with Crippen molar-refractivity contribution in [3.05, 3.63) is 29.6 Å². The van der Waals surface area contributed by atoms with E-state index in [4.69, 9.17) is 0 Å². The second-order valence-corrected chi connectivity index (χ2v) is 5.91. The highest BCUT2D eigenvalue weighted by atomic mass is 19.1. The van der Waals surface area contributed by atoms with Gasteiger partial charge in [0.1, 0.15) is 5.82 Å². The van der Waals surface area contributed by atoms with Crippen LogP contribution in [0.3, 0.4) is 0 Å². The number of rotatable bonds is 3. The van der Waals surface area contributed by atoms with Crippen LogP contribution in [-0.4, -0.2) is 35.7 Å². The van der Waals surface area contributed by atoms with Gasteiger partial charge in [-0.15, -0.1) is 0 Å². The highest BCUT2D eigenvalue weighted by molar-refractivity contribution is 5.89. The van der Waals surface area contributed by atoms with Crippen molar-refractivity contribution in [2.75, 3.05) is 25.0 Å². The molecule has 21 heavy (non-hydrogen) atoms. The summed E-state index contributed by atoms with van der Waals surface area (Å²) in [6, 6.07) is 4.38. The van der Waals surface area contributed by atoms with Crippen molar-refractivity contribution in [2.45, 2.75) is 33.1 Å². The minimum atomic E-state index is -0.427. The lowest BCUT2D eigenvalue weighted by Gasteiger charge is -2.40. The number of carbonyl (C=O) groups is 1. The molecule has 1 aliphatic rings. The molecular weight excluding hydrogens is 271 g/mol. The molecule has 1 aromatic carbocycles. The van der Waals surface area contributed by atoms with Gasteiger partial charge in [0.15, 0.2) is 0 Å². The molecule has 2 amide bonds. The molecule has 0 radical (unpaired) electrons. The van der Waals surface area contributed by atoms with Crippen molar-refractivity contribution in [1.82, 2.24) is 4.90 Å². The first kappa shape index (κ1) is 15.8. The number of nitrogens with one attached hydrogen (secondary N) is 1. The third-order valence-electron chi connectivity index (χ3n) is 4.56. The number of nitrogens with zero attached hydrogens (tertiary/aromatic N) is 1. The number of likely N-dealkylation sites (tertiary alicyclic amines) is 1. The fourth-order valence-electron chi connectivity index (χ4n) is 2.74. The zero-order chi connectivity index (χ0) is 15.5. The summed E-state index contributed by atoms with van der Waals surface area (Å²) in [6.07, 6.45) is 2.47. The first-order valence-corrected chi connectivity index (χ1v) is 7.42. The number of hydrogen-bond acceptors (Lipinski definition) is 2.